The summed E-state index contributed by atoms with van der Waals surface area (Å²) in [6, 6.07) is 20.3. The molecule has 3 aromatic carbocycles. The van der Waals surface area contributed by atoms with Crippen LogP contribution in [-0.2, 0) is 25.5 Å². The number of para-hydroxylation sites is 1. The number of carbonyl (C=O) groups excluding carboxylic acids is 3. The molecule has 1 atom stereocenters. The van der Waals surface area contributed by atoms with Gasteiger partial charge in [-0.25, -0.2) is 0 Å². The van der Waals surface area contributed by atoms with E-state index >= 15 is 0 Å². The maximum Gasteiger partial charge on any atom is 0.309 e. The van der Waals surface area contributed by atoms with E-state index in [2.05, 4.69) is 4.98 Å². The number of fused-ring (bicyclic) bond motifs is 1. The summed E-state index contributed by atoms with van der Waals surface area (Å²) in [4.78, 5) is 42.9. The fourth-order valence-corrected chi connectivity index (χ4v) is 4.63. The maximum atomic E-state index is 13.4. The Kier molecular flexibility index (Phi) is 6.23. The zero-order chi connectivity index (χ0) is 26.1. The molecular formula is C29H24N2O6. The molecular weight excluding hydrogens is 472 g/mol. The molecule has 2 N–H and O–H groups in total. The number of benzene rings is 3. The lowest BCUT2D eigenvalue weighted by molar-refractivity contribution is -0.139. The van der Waals surface area contributed by atoms with Crippen LogP contribution in [0, 0.1) is 0 Å². The van der Waals surface area contributed by atoms with Gasteiger partial charge in [-0.15, -0.1) is 0 Å². The summed E-state index contributed by atoms with van der Waals surface area (Å²) in [6.07, 6.45) is 1.71. The highest BCUT2D eigenvalue weighted by molar-refractivity contribution is 6.51. The molecule has 1 aliphatic heterocycles. The molecule has 0 spiro atoms. The molecule has 1 saturated heterocycles. The van der Waals surface area contributed by atoms with Crippen LogP contribution in [-0.4, -0.2) is 42.0 Å². The number of nitrogens with one attached hydrogen (secondary N) is 1. The topological polar surface area (TPSA) is 109 Å². The van der Waals surface area contributed by atoms with Gasteiger partial charge in [0.1, 0.15) is 11.5 Å². The van der Waals surface area contributed by atoms with Crippen molar-refractivity contribution in [2.45, 2.75) is 12.5 Å². The van der Waals surface area contributed by atoms with Crippen molar-refractivity contribution in [3.8, 4) is 5.75 Å². The summed E-state index contributed by atoms with van der Waals surface area (Å²) in [5, 5.41) is 12.2. The van der Waals surface area contributed by atoms with E-state index in [1.54, 1.807) is 61.8 Å². The van der Waals surface area contributed by atoms with E-state index in [0.29, 0.717) is 28.1 Å². The van der Waals surface area contributed by atoms with E-state index < -0.39 is 17.7 Å². The summed E-state index contributed by atoms with van der Waals surface area (Å²) < 4.78 is 9.99. The van der Waals surface area contributed by atoms with Crippen molar-refractivity contribution < 1.29 is 29.0 Å². The SMILES string of the molecule is COC(=O)Cc1ccc(N2C(=O)C(=O)/C(=C(\O)c3c[nH]c4ccccc34)C2c2ccc(OC)cc2)cc1. The maximum absolute atomic E-state index is 13.4. The zero-order valence-corrected chi connectivity index (χ0v) is 20.2. The first-order valence-electron chi connectivity index (χ1n) is 11.6. The van der Waals surface area contributed by atoms with Gasteiger partial charge in [0.25, 0.3) is 11.7 Å². The van der Waals surface area contributed by atoms with Gasteiger partial charge in [0.05, 0.1) is 32.3 Å². The normalized spacial score (nSPS) is 16.8. The van der Waals surface area contributed by atoms with Crippen molar-refractivity contribution in [1.29, 1.82) is 0 Å². The molecule has 1 aromatic heterocycles. The number of aliphatic hydroxyl groups is 1. The number of aromatic nitrogens is 1. The lowest BCUT2D eigenvalue weighted by Crippen LogP contribution is -2.29. The average molecular weight is 497 g/mol. The lowest BCUT2D eigenvalue weighted by atomic mass is 9.95. The van der Waals surface area contributed by atoms with Crippen LogP contribution in [0.15, 0.2) is 84.6 Å². The monoisotopic (exact) mass is 496 g/mol. The second kappa shape index (κ2) is 9.66. The molecule has 4 aromatic rings. The fourth-order valence-electron chi connectivity index (χ4n) is 4.63. The molecule has 5 rings (SSSR count). The van der Waals surface area contributed by atoms with Crippen LogP contribution < -0.4 is 9.64 Å². The van der Waals surface area contributed by atoms with Crippen LogP contribution in [0.4, 0.5) is 5.69 Å². The number of aliphatic hydroxyl groups excluding tert-OH is 1. The minimum atomic E-state index is -0.883. The van der Waals surface area contributed by atoms with Crippen LogP contribution in [0.25, 0.3) is 16.7 Å². The number of rotatable bonds is 6. The molecule has 186 valence electrons. The highest BCUT2D eigenvalue weighted by Gasteiger charge is 2.47. The number of nitrogens with zero attached hydrogens (tertiary/aromatic N) is 1. The van der Waals surface area contributed by atoms with Crippen LogP contribution in [0.3, 0.4) is 0 Å². The standard InChI is InChI=1S/C29H24N2O6/c1-36-20-13-9-18(10-14-20)26-25(27(33)22-16-30-23-6-4-3-5-21(22)23)28(34)29(35)31(26)19-11-7-17(8-12-19)15-24(32)37-2/h3-14,16,26,30,33H,15H2,1-2H3/b27-25-. The molecule has 0 aliphatic carbocycles. The number of Topliss-reactive ketones (excluding diaryl/α,β-unsaturated/α-hetero) is 1. The number of anilines is 1. The highest BCUT2D eigenvalue weighted by atomic mass is 16.5. The molecule has 1 aliphatic rings. The quantitative estimate of drug-likeness (QED) is 0.176. The molecule has 8 nitrogen and oxygen atoms in total. The number of H-pyrrole nitrogens is 1. The van der Waals surface area contributed by atoms with Crippen molar-refractivity contribution >= 4 is 40.0 Å². The second-order valence-corrected chi connectivity index (χ2v) is 8.61. The van der Waals surface area contributed by atoms with Crippen LogP contribution >= 0.6 is 0 Å². The number of hydrogen-bond donors (Lipinski definition) is 2. The predicted molar refractivity (Wildman–Crippen MR) is 138 cm³/mol. The van der Waals surface area contributed by atoms with Gasteiger partial charge >= 0.3 is 5.97 Å². The first kappa shape index (κ1) is 23.9. The van der Waals surface area contributed by atoms with Gasteiger partial charge in [-0.1, -0.05) is 42.5 Å². The van der Waals surface area contributed by atoms with E-state index in [9.17, 15) is 19.5 Å². The van der Waals surface area contributed by atoms with E-state index in [1.165, 1.54) is 12.0 Å². The van der Waals surface area contributed by atoms with Gasteiger partial charge < -0.3 is 19.6 Å². The molecule has 1 amide bonds. The first-order valence-corrected chi connectivity index (χ1v) is 11.6. The summed E-state index contributed by atoms with van der Waals surface area (Å²) in [7, 11) is 2.87. The number of aromatic amines is 1. The number of ketones is 1. The molecule has 37 heavy (non-hydrogen) atoms. The van der Waals surface area contributed by atoms with Crippen molar-refractivity contribution in [2.24, 2.45) is 0 Å². The second-order valence-electron chi connectivity index (χ2n) is 8.61. The third-order valence-corrected chi connectivity index (χ3v) is 6.51. The number of esters is 1. The van der Waals surface area contributed by atoms with E-state index in [4.69, 9.17) is 9.47 Å². The molecule has 0 radical (unpaired) electrons. The van der Waals surface area contributed by atoms with Gasteiger partial charge in [0.15, 0.2) is 0 Å². The summed E-state index contributed by atoms with van der Waals surface area (Å²) in [5.74, 6) is -1.58. The molecule has 8 heteroatoms. The molecule has 1 fully saturated rings. The van der Waals surface area contributed by atoms with Gasteiger partial charge in [-0.3, -0.25) is 19.3 Å². The van der Waals surface area contributed by atoms with Gasteiger partial charge in [-0.05, 0) is 41.5 Å². The van der Waals surface area contributed by atoms with Crippen LogP contribution in [0.5, 0.6) is 5.75 Å². The third-order valence-electron chi connectivity index (χ3n) is 6.51. The van der Waals surface area contributed by atoms with E-state index in [-0.39, 0.29) is 23.7 Å². The Hall–Kier alpha value is -4.85. The Morgan fingerprint density at radius 1 is 0.973 bits per heavy atom. The van der Waals surface area contributed by atoms with Crippen LogP contribution in [0.1, 0.15) is 22.7 Å². The largest absolute Gasteiger partial charge is 0.507 e. The van der Waals surface area contributed by atoms with Gasteiger partial charge in [0, 0.05) is 28.4 Å². The Labute approximate surface area is 212 Å². The minimum absolute atomic E-state index is 0.0152. The minimum Gasteiger partial charge on any atom is -0.507 e. The van der Waals surface area contributed by atoms with Crippen molar-refractivity contribution in [3.05, 3.63) is 101 Å². The zero-order valence-electron chi connectivity index (χ0n) is 20.2. The lowest BCUT2D eigenvalue weighted by Gasteiger charge is -2.25. The summed E-state index contributed by atoms with van der Waals surface area (Å²) in [5.41, 5.74) is 2.99. The van der Waals surface area contributed by atoms with Gasteiger partial charge in [0.2, 0.25) is 0 Å². The third kappa shape index (κ3) is 4.23. The Bertz CT molecular complexity index is 1530. The van der Waals surface area contributed by atoms with E-state index in [0.717, 1.165) is 10.9 Å². The molecule has 0 bridgehead atoms. The summed E-state index contributed by atoms with van der Waals surface area (Å²) >= 11 is 0. The Balaban J connectivity index is 1.65. The molecule has 1 unspecified atom stereocenters. The number of ether oxygens (including phenoxy) is 2. The Morgan fingerprint density at radius 2 is 1.68 bits per heavy atom. The molecule has 2 heterocycles. The number of carbonyl (C=O) groups is 3. The smallest absolute Gasteiger partial charge is 0.309 e. The number of hydrogen-bond acceptors (Lipinski definition) is 6. The molecule has 0 saturated carbocycles. The van der Waals surface area contributed by atoms with E-state index in [1.807, 2.05) is 24.3 Å². The van der Waals surface area contributed by atoms with Crippen molar-refractivity contribution in [3.63, 3.8) is 0 Å². The summed E-state index contributed by atoms with van der Waals surface area (Å²) in [6.45, 7) is 0. The number of amides is 1. The Morgan fingerprint density at radius 3 is 2.35 bits per heavy atom. The van der Waals surface area contributed by atoms with Crippen molar-refractivity contribution in [2.75, 3.05) is 19.1 Å². The predicted octanol–water partition coefficient (Wildman–Crippen LogP) is 4.52. The highest BCUT2D eigenvalue weighted by Crippen LogP contribution is 2.43. The van der Waals surface area contributed by atoms with Crippen molar-refractivity contribution in [1.82, 2.24) is 4.98 Å². The number of methoxy groups -OCH3 is 2. The van der Waals surface area contributed by atoms with Gasteiger partial charge in [-0.2, -0.15) is 0 Å². The first-order chi connectivity index (χ1) is 17.9. The average Bonchev–Trinajstić information content (AvgIpc) is 3.48. The fraction of sp³-hybridized carbons (Fsp3) is 0.138. The van der Waals surface area contributed by atoms with Crippen LogP contribution in [0.2, 0.25) is 0 Å².